The van der Waals surface area contributed by atoms with Gasteiger partial charge in [0.2, 0.25) is 0 Å². The van der Waals surface area contributed by atoms with E-state index in [0.717, 1.165) is 6.20 Å². The highest BCUT2D eigenvalue weighted by molar-refractivity contribution is 6.32. The van der Waals surface area contributed by atoms with Crippen LogP contribution >= 0.6 is 11.6 Å². The van der Waals surface area contributed by atoms with Crippen molar-refractivity contribution in [2.45, 2.75) is 18.6 Å². The van der Waals surface area contributed by atoms with Gasteiger partial charge in [-0.25, -0.2) is 9.67 Å². The molecular formula is C14H13ClF3N5O. The highest BCUT2D eigenvalue weighted by Crippen LogP contribution is 2.35. The number of likely N-dealkylation sites (tertiary alicyclic amines) is 1. The zero-order valence-corrected chi connectivity index (χ0v) is 13.1. The Bertz CT molecular complexity index is 776. The molecule has 2 aromatic rings. The summed E-state index contributed by atoms with van der Waals surface area (Å²) in [6.45, 7) is 0.526. The molecule has 1 aliphatic heterocycles. The molecule has 0 aromatic carbocycles. The van der Waals surface area contributed by atoms with E-state index in [9.17, 15) is 18.0 Å². The lowest BCUT2D eigenvalue weighted by atomic mass is 10.2. The van der Waals surface area contributed by atoms with Gasteiger partial charge >= 0.3 is 6.18 Å². The number of amides is 1. The average molecular weight is 360 g/mol. The average Bonchev–Trinajstić information content (AvgIpc) is 3.13. The Kier molecular flexibility index (Phi) is 4.22. The first kappa shape index (κ1) is 16.7. The van der Waals surface area contributed by atoms with Crippen LogP contribution in [0, 0.1) is 0 Å². The van der Waals surface area contributed by atoms with Crippen molar-refractivity contribution in [3.8, 4) is 5.82 Å². The standard InChI is InChI=1S/C14H13ClF3N5O/c15-10-2-1-4-20-12(10)23-11(14(16,17)18)9(6-21-23)13(24)22-5-3-8(19)7-22/h1-2,4,6,8H,3,5,7,19H2/t8-/m1/s1. The predicted octanol–water partition coefficient (Wildman–Crippen LogP) is 2.11. The molecule has 1 amide bonds. The summed E-state index contributed by atoms with van der Waals surface area (Å²) in [5, 5.41) is 3.69. The topological polar surface area (TPSA) is 77.0 Å². The quantitative estimate of drug-likeness (QED) is 0.891. The summed E-state index contributed by atoms with van der Waals surface area (Å²) in [5.41, 5.74) is 3.97. The number of nitrogens with two attached hydrogens (primary N) is 1. The number of nitrogens with zero attached hydrogens (tertiary/aromatic N) is 4. The summed E-state index contributed by atoms with van der Waals surface area (Å²) in [4.78, 5) is 17.6. The number of rotatable bonds is 2. The molecule has 10 heteroatoms. The summed E-state index contributed by atoms with van der Waals surface area (Å²) in [6.07, 6.45) is -2.07. The monoisotopic (exact) mass is 359 g/mol. The second kappa shape index (κ2) is 6.06. The minimum Gasteiger partial charge on any atom is -0.337 e. The fraction of sp³-hybridized carbons (Fsp3) is 0.357. The molecule has 0 bridgehead atoms. The van der Waals surface area contributed by atoms with Crippen molar-refractivity contribution in [3.05, 3.63) is 40.8 Å². The zero-order chi connectivity index (χ0) is 17.5. The first-order valence-corrected chi connectivity index (χ1v) is 7.48. The van der Waals surface area contributed by atoms with Crippen LogP contribution in [-0.4, -0.2) is 44.7 Å². The Balaban J connectivity index is 2.09. The van der Waals surface area contributed by atoms with Gasteiger partial charge in [-0.15, -0.1) is 0 Å². The summed E-state index contributed by atoms with van der Waals surface area (Å²) in [7, 11) is 0. The molecule has 3 rings (SSSR count). The van der Waals surface area contributed by atoms with Crippen LogP contribution in [0.15, 0.2) is 24.5 Å². The minimum absolute atomic E-state index is 0.00621. The van der Waals surface area contributed by atoms with E-state index >= 15 is 0 Å². The predicted molar refractivity (Wildman–Crippen MR) is 79.9 cm³/mol. The van der Waals surface area contributed by atoms with Crippen LogP contribution in [0.1, 0.15) is 22.5 Å². The molecule has 6 nitrogen and oxygen atoms in total. The van der Waals surface area contributed by atoms with Crippen LogP contribution in [0.3, 0.4) is 0 Å². The molecule has 3 heterocycles. The molecule has 128 valence electrons. The van der Waals surface area contributed by atoms with Gasteiger partial charge < -0.3 is 10.6 Å². The molecule has 2 N–H and O–H groups in total. The van der Waals surface area contributed by atoms with Gasteiger partial charge in [0.25, 0.3) is 5.91 Å². The van der Waals surface area contributed by atoms with Crippen LogP contribution in [0.25, 0.3) is 5.82 Å². The third kappa shape index (κ3) is 2.96. The van der Waals surface area contributed by atoms with Crippen LogP contribution in [0.4, 0.5) is 13.2 Å². The van der Waals surface area contributed by atoms with Gasteiger partial charge in [0.15, 0.2) is 11.5 Å². The number of carbonyl (C=O) groups excluding carboxylic acids is 1. The first-order chi connectivity index (χ1) is 11.3. The normalized spacial score (nSPS) is 18.2. The lowest BCUT2D eigenvalue weighted by Gasteiger charge is -2.17. The number of hydrogen-bond donors (Lipinski definition) is 1. The fourth-order valence-corrected chi connectivity index (χ4v) is 2.82. The molecule has 1 aliphatic rings. The third-order valence-corrected chi connectivity index (χ3v) is 4.01. The van der Waals surface area contributed by atoms with Crippen LogP contribution in [0.2, 0.25) is 5.02 Å². The largest absolute Gasteiger partial charge is 0.434 e. The van der Waals surface area contributed by atoms with E-state index in [4.69, 9.17) is 17.3 Å². The van der Waals surface area contributed by atoms with Crippen molar-refractivity contribution in [1.29, 1.82) is 0 Å². The molecule has 24 heavy (non-hydrogen) atoms. The minimum atomic E-state index is -4.80. The second-order valence-electron chi connectivity index (χ2n) is 5.43. The maximum Gasteiger partial charge on any atom is 0.434 e. The van der Waals surface area contributed by atoms with Gasteiger partial charge in [-0.1, -0.05) is 11.6 Å². The molecule has 0 spiro atoms. The number of aromatic nitrogens is 3. The maximum absolute atomic E-state index is 13.6. The van der Waals surface area contributed by atoms with Crippen molar-refractivity contribution in [2.24, 2.45) is 5.73 Å². The molecule has 0 aliphatic carbocycles. The summed E-state index contributed by atoms with van der Waals surface area (Å²) < 4.78 is 41.2. The summed E-state index contributed by atoms with van der Waals surface area (Å²) in [6, 6.07) is 2.65. The van der Waals surface area contributed by atoms with Gasteiger partial charge in [-0.05, 0) is 18.6 Å². The first-order valence-electron chi connectivity index (χ1n) is 7.10. The molecule has 1 atom stereocenters. The van der Waals surface area contributed by atoms with Gasteiger partial charge in [0.1, 0.15) is 0 Å². The van der Waals surface area contributed by atoms with Crippen LogP contribution < -0.4 is 5.73 Å². The lowest BCUT2D eigenvalue weighted by molar-refractivity contribution is -0.143. The number of hydrogen-bond acceptors (Lipinski definition) is 4. The Morgan fingerprint density at radius 1 is 1.42 bits per heavy atom. The molecule has 0 saturated carbocycles. The smallest absolute Gasteiger partial charge is 0.337 e. The third-order valence-electron chi connectivity index (χ3n) is 3.72. The Hall–Kier alpha value is -2.13. The van der Waals surface area contributed by atoms with Crippen molar-refractivity contribution in [1.82, 2.24) is 19.7 Å². The zero-order valence-electron chi connectivity index (χ0n) is 12.3. The molecule has 2 aromatic heterocycles. The lowest BCUT2D eigenvalue weighted by Crippen LogP contribution is -2.33. The SMILES string of the molecule is N[C@@H]1CCN(C(=O)c2cnn(-c3ncccc3Cl)c2C(F)(F)F)C1. The van der Waals surface area contributed by atoms with Crippen molar-refractivity contribution in [2.75, 3.05) is 13.1 Å². The summed E-state index contributed by atoms with van der Waals surface area (Å²) >= 11 is 5.91. The molecule has 1 saturated heterocycles. The van der Waals surface area contributed by atoms with Crippen LogP contribution in [0.5, 0.6) is 0 Å². The number of pyridine rings is 1. The van der Waals surface area contributed by atoms with E-state index in [2.05, 4.69) is 10.1 Å². The number of halogens is 4. The molecule has 0 radical (unpaired) electrons. The van der Waals surface area contributed by atoms with E-state index < -0.39 is 23.3 Å². The number of alkyl halides is 3. The molecular weight excluding hydrogens is 347 g/mol. The van der Waals surface area contributed by atoms with E-state index in [1.807, 2.05) is 0 Å². The van der Waals surface area contributed by atoms with E-state index in [1.54, 1.807) is 0 Å². The van der Waals surface area contributed by atoms with E-state index in [0.29, 0.717) is 17.6 Å². The van der Waals surface area contributed by atoms with Crippen molar-refractivity contribution < 1.29 is 18.0 Å². The molecule has 0 unspecified atom stereocenters. The van der Waals surface area contributed by atoms with Gasteiger partial charge in [0.05, 0.1) is 16.8 Å². The van der Waals surface area contributed by atoms with Crippen LogP contribution in [-0.2, 0) is 6.18 Å². The summed E-state index contributed by atoms with van der Waals surface area (Å²) in [5.74, 6) is -0.947. The van der Waals surface area contributed by atoms with E-state index in [1.165, 1.54) is 23.2 Å². The van der Waals surface area contributed by atoms with Gasteiger partial charge in [0, 0.05) is 25.3 Å². The highest BCUT2D eigenvalue weighted by atomic mass is 35.5. The van der Waals surface area contributed by atoms with Crippen molar-refractivity contribution >= 4 is 17.5 Å². The highest BCUT2D eigenvalue weighted by Gasteiger charge is 2.42. The number of carbonyl (C=O) groups is 1. The van der Waals surface area contributed by atoms with Crippen molar-refractivity contribution in [3.63, 3.8) is 0 Å². The molecule has 1 fully saturated rings. The Labute approximate surface area is 140 Å². The second-order valence-corrected chi connectivity index (χ2v) is 5.83. The van der Waals surface area contributed by atoms with Gasteiger partial charge in [-0.2, -0.15) is 18.3 Å². The maximum atomic E-state index is 13.6. The fourth-order valence-electron chi connectivity index (χ4n) is 2.61. The van der Waals surface area contributed by atoms with E-state index in [-0.39, 0.29) is 23.4 Å². The Morgan fingerprint density at radius 2 is 2.17 bits per heavy atom. The Morgan fingerprint density at radius 3 is 2.75 bits per heavy atom. The van der Waals surface area contributed by atoms with Gasteiger partial charge in [-0.3, -0.25) is 4.79 Å².